The Kier molecular flexibility index (Phi) is 3670. The standard InChI is InChI=1S/C3H5.3CO.BrH.Ru/c1-3-2;3*1-2;;/h3H,1-2H2;;;;1H;/q-1;;;;;+3/p-1. The van der Waals surface area contributed by atoms with E-state index in [0.29, 0.717) is 0 Å². The van der Waals surface area contributed by atoms with Gasteiger partial charge in [-0.1, -0.05) is 0 Å². The molecule has 1 radical (unpaired) electrons. The fraction of sp³-hybridized carbons (Fsp3) is 0. The van der Waals surface area contributed by atoms with Crippen molar-refractivity contribution in [3.8, 4) is 0 Å². The first-order chi connectivity index (χ1) is 4.41. The monoisotopic (exact) mass is 306 g/mol. The van der Waals surface area contributed by atoms with Crippen molar-refractivity contribution in [3.05, 3.63) is 39.5 Å². The summed E-state index contributed by atoms with van der Waals surface area (Å²) in [6.07, 6.45) is 1.50. The van der Waals surface area contributed by atoms with Crippen LogP contribution in [0.4, 0.5) is 0 Å². The van der Waals surface area contributed by atoms with Crippen LogP contribution in [0.1, 0.15) is 0 Å². The van der Waals surface area contributed by atoms with Crippen LogP contribution in [0.25, 0.3) is 0 Å². The maximum atomic E-state index is 7.50. The first kappa shape index (κ1) is 44.3. The van der Waals surface area contributed by atoms with Crippen LogP contribution < -0.4 is 17.0 Å². The number of allylic oxidation sites excluding steroid dienone is 1. The van der Waals surface area contributed by atoms with Crippen molar-refractivity contribution < 1.29 is 50.4 Å². The molecule has 0 spiro atoms. The summed E-state index contributed by atoms with van der Waals surface area (Å²) in [4.78, 5) is 0. The first-order valence-electron chi connectivity index (χ1n) is 1.43. The summed E-state index contributed by atoms with van der Waals surface area (Å²) >= 11 is 0. The molecule has 0 aliphatic rings. The molecule has 0 fully saturated rings. The van der Waals surface area contributed by atoms with Crippen LogP contribution in [0.3, 0.4) is 0 Å². The van der Waals surface area contributed by atoms with Crippen LogP contribution in [0.2, 0.25) is 0 Å². The van der Waals surface area contributed by atoms with Gasteiger partial charge in [0.05, 0.1) is 0 Å². The molecule has 0 rings (SSSR count). The van der Waals surface area contributed by atoms with Gasteiger partial charge >= 0.3 is 53.4 Å². The molecule has 0 saturated heterocycles. The molecule has 0 saturated carbocycles. The molecule has 61 valence electrons. The fourth-order valence-electron chi connectivity index (χ4n) is 0. The minimum absolute atomic E-state index is 0. The Morgan fingerprint density at radius 1 is 1.00 bits per heavy atom. The molecule has 0 aliphatic heterocycles. The summed E-state index contributed by atoms with van der Waals surface area (Å²) in [5.41, 5.74) is 0. The van der Waals surface area contributed by atoms with Crippen molar-refractivity contribution in [2.75, 3.05) is 0 Å². The van der Waals surface area contributed by atoms with E-state index in [2.05, 4.69) is 33.5 Å². The van der Waals surface area contributed by atoms with Crippen LogP contribution in [-0.4, -0.2) is 0 Å². The molecule has 0 unspecified atom stereocenters. The Morgan fingerprint density at radius 3 is 1.00 bits per heavy atom. The van der Waals surface area contributed by atoms with Gasteiger partial charge in [-0.15, -0.1) is 0 Å². The van der Waals surface area contributed by atoms with E-state index in [1.54, 1.807) is 0 Å². The van der Waals surface area contributed by atoms with Crippen molar-refractivity contribution >= 4 is 0 Å². The molecule has 0 aromatic rings. The minimum Gasteiger partial charge on any atom is 3.00 e. The smallest absolute Gasteiger partial charge is 3.00 e. The SMILES string of the molecule is C=C[CH2-].[Br-].[C-]#[O+].[C-]#[O+].[C-]#[O+].[Ru+3]. The average Bonchev–Trinajstić information content (AvgIpc) is 2.01. The number of hydrogen-bond acceptors (Lipinski definition) is 0. The molecule has 5 heteroatoms. The van der Waals surface area contributed by atoms with Crippen molar-refractivity contribution in [2.24, 2.45) is 0 Å². The zero-order valence-corrected chi connectivity index (χ0v) is 8.77. The van der Waals surface area contributed by atoms with Crippen LogP contribution >= 0.6 is 0 Å². The summed E-state index contributed by atoms with van der Waals surface area (Å²) in [6.45, 7) is 20.0. The Balaban J connectivity index is -0.00000000729. The first-order valence-corrected chi connectivity index (χ1v) is 1.43. The molecule has 0 aliphatic carbocycles. The van der Waals surface area contributed by atoms with Gasteiger partial charge in [0.1, 0.15) is 0 Å². The third-order valence-corrected chi connectivity index (χ3v) is 0. The second-order valence-corrected chi connectivity index (χ2v) is 0.289. The van der Waals surface area contributed by atoms with Crippen molar-refractivity contribution in [1.29, 1.82) is 0 Å². The molecule has 0 aromatic carbocycles. The Bertz CT molecular complexity index is 73.3. The van der Waals surface area contributed by atoms with Gasteiger partial charge in [0.2, 0.25) is 0 Å². The van der Waals surface area contributed by atoms with Gasteiger partial charge in [-0.25, -0.2) is 19.6 Å². The zero-order chi connectivity index (χ0) is 8.71. The van der Waals surface area contributed by atoms with Gasteiger partial charge in [0, 0.05) is 0 Å². The molecular weight excluding hydrogens is 301 g/mol. The molecule has 11 heavy (non-hydrogen) atoms. The molecule has 0 aromatic heterocycles. The third-order valence-electron chi connectivity index (χ3n) is 0. The second-order valence-electron chi connectivity index (χ2n) is 0.289. The van der Waals surface area contributed by atoms with E-state index in [1.165, 1.54) is 6.08 Å². The van der Waals surface area contributed by atoms with E-state index < -0.39 is 0 Å². The van der Waals surface area contributed by atoms with Crippen LogP contribution in [0.15, 0.2) is 12.7 Å². The Hall–Kier alpha value is -0.0666. The quantitative estimate of drug-likeness (QED) is 0.280. The summed E-state index contributed by atoms with van der Waals surface area (Å²) in [5.74, 6) is 0. The van der Waals surface area contributed by atoms with E-state index in [4.69, 9.17) is 14.0 Å². The predicted molar refractivity (Wildman–Crippen MR) is 27.3 cm³/mol. The predicted octanol–water partition coefficient (Wildman–Crippen LogP) is -2.10. The Labute approximate surface area is 89.9 Å². The maximum absolute atomic E-state index is 7.50. The normalized spacial score (nSPS) is 1.64. The van der Waals surface area contributed by atoms with Crippen LogP contribution in [0, 0.1) is 26.9 Å². The summed E-state index contributed by atoms with van der Waals surface area (Å²) in [7, 11) is 0. The molecule has 0 N–H and O–H groups in total. The van der Waals surface area contributed by atoms with Gasteiger partial charge < -0.3 is 17.0 Å². The molecule has 0 bridgehead atoms. The van der Waals surface area contributed by atoms with Gasteiger partial charge in [-0.2, -0.15) is 0 Å². The van der Waals surface area contributed by atoms with E-state index >= 15 is 0 Å². The average molecular weight is 306 g/mol. The molecular formula is C6H5BrO3Ru+. The van der Waals surface area contributed by atoms with E-state index in [-0.39, 0.29) is 36.5 Å². The molecule has 0 heterocycles. The van der Waals surface area contributed by atoms with Crippen molar-refractivity contribution in [3.63, 3.8) is 0 Å². The fourth-order valence-corrected chi connectivity index (χ4v) is 0. The summed E-state index contributed by atoms with van der Waals surface area (Å²) in [6, 6.07) is 0. The maximum Gasteiger partial charge on any atom is 3.00 e. The van der Waals surface area contributed by atoms with Crippen molar-refractivity contribution in [1.82, 2.24) is 0 Å². The van der Waals surface area contributed by atoms with Gasteiger partial charge in [-0.3, -0.25) is 0 Å². The number of halogens is 1. The van der Waals surface area contributed by atoms with Gasteiger partial charge in [0.15, 0.2) is 0 Å². The summed E-state index contributed by atoms with van der Waals surface area (Å²) in [5, 5.41) is 0. The van der Waals surface area contributed by atoms with E-state index in [1.807, 2.05) is 0 Å². The van der Waals surface area contributed by atoms with Crippen LogP contribution in [-0.2, 0) is 33.4 Å². The van der Waals surface area contributed by atoms with E-state index in [0.717, 1.165) is 0 Å². The largest absolute Gasteiger partial charge is 3.00 e. The molecule has 0 amide bonds. The number of rotatable bonds is 0. The van der Waals surface area contributed by atoms with Gasteiger partial charge in [0.25, 0.3) is 0 Å². The van der Waals surface area contributed by atoms with Crippen LogP contribution in [0.5, 0.6) is 0 Å². The topological polar surface area (TPSA) is 59.7 Å². The van der Waals surface area contributed by atoms with E-state index in [9.17, 15) is 0 Å². The zero-order valence-electron chi connectivity index (χ0n) is 5.45. The Morgan fingerprint density at radius 2 is 1.00 bits per heavy atom. The summed E-state index contributed by atoms with van der Waals surface area (Å²) < 4.78 is 22.5. The third kappa shape index (κ3) is 141000. The molecule has 3 nitrogen and oxygen atoms in total. The van der Waals surface area contributed by atoms with Crippen molar-refractivity contribution in [2.45, 2.75) is 0 Å². The van der Waals surface area contributed by atoms with Gasteiger partial charge in [-0.05, 0) is 0 Å². The second kappa shape index (κ2) is 910. The molecule has 0 atom stereocenters. The number of hydrogen-bond donors (Lipinski definition) is 0. The minimum atomic E-state index is 0.